The standard InChI is InChI=1S/C42H42N6O6/c43-25-31-17-32(26-44)20-37(19-31)35-1-3-41(49)39(23-35)29-47-5-9-51-13-15-53-11-7-48(8-12-54-16-14-52-10-6-47)30-40-24-36(2-4-42(40)50)38-21-33(27-45)18-34(22-38)28-46/h1-4,17-24,49-50H,5-16,29-30H2. The molecule has 4 aromatic rings. The fourth-order valence-corrected chi connectivity index (χ4v) is 6.07. The van der Waals surface area contributed by atoms with E-state index in [1.54, 1.807) is 60.7 Å². The summed E-state index contributed by atoms with van der Waals surface area (Å²) in [6.07, 6.45) is 0. The summed E-state index contributed by atoms with van der Waals surface area (Å²) in [5.41, 5.74) is 6.02. The molecule has 0 spiro atoms. The molecule has 0 bridgehead atoms. The largest absolute Gasteiger partial charge is 0.508 e. The van der Waals surface area contributed by atoms with Crippen LogP contribution < -0.4 is 0 Å². The molecule has 4 aromatic carbocycles. The fourth-order valence-electron chi connectivity index (χ4n) is 6.07. The second-order valence-corrected chi connectivity index (χ2v) is 12.7. The van der Waals surface area contributed by atoms with E-state index >= 15 is 0 Å². The van der Waals surface area contributed by atoms with Gasteiger partial charge in [-0.2, -0.15) is 21.0 Å². The number of nitrogens with zero attached hydrogens (tertiary/aromatic N) is 6. The van der Waals surface area contributed by atoms with E-state index in [2.05, 4.69) is 34.1 Å². The van der Waals surface area contributed by atoms with Crippen molar-refractivity contribution in [3.05, 3.63) is 106 Å². The minimum Gasteiger partial charge on any atom is -0.508 e. The van der Waals surface area contributed by atoms with Crippen molar-refractivity contribution in [3.8, 4) is 58.0 Å². The molecule has 0 unspecified atom stereocenters. The van der Waals surface area contributed by atoms with Gasteiger partial charge in [0, 0.05) is 50.4 Å². The maximum absolute atomic E-state index is 10.7. The monoisotopic (exact) mass is 726 g/mol. The van der Waals surface area contributed by atoms with Gasteiger partial charge in [0.15, 0.2) is 0 Å². The topological polar surface area (TPSA) is 179 Å². The zero-order chi connectivity index (χ0) is 38.1. The first-order valence-electron chi connectivity index (χ1n) is 17.7. The Balaban J connectivity index is 1.17. The first-order valence-corrected chi connectivity index (χ1v) is 17.7. The number of nitriles is 4. The zero-order valence-electron chi connectivity index (χ0n) is 30.0. The first-order chi connectivity index (χ1) is 26.4. The van der Waals surface area contributed by atoms with Crippen LogP contribution in [0.4, 0.5) is 0 Å². The lowest BCUT2D eigenvalue weighted by Gasteiger charge is -2.24. The van der Waals surface area contributed by atoms with Crippen LogP contribution >= 0.6 is 0 Å². The number of ether oxygens (including phenoxy) is 4. The number of phenolic OH excluding ortho intramolecular Hbond substituents is 2. The van der Waals surface area contributed by atoms with Crippen LogP contribution in [0.3, 0.4) is 0 Å². The maximum Gasteiger partial charge on any atom is 0.120 e. The van der Waals surface area contributed by atoms with E-state index in [9.17, 15) is 31.3 Å². The highest BCUT2D eigenvalue weighted by molar-refractivity contribution is 5.70. The van der Waals surface area contributed by atoms with E-state index in [0.29, 0.717) is 126 Å². The molecule has 0 aromatic heterocycles. The number of aromatic hydroxyl groups is 2. The van der Waals surface area contributed by atoms with Gasteiger partial charge in [-0.15, -0.1) is 0 Å². The molecule has 1 aliphatic heterocycles. The Kier molecular flexibility index (Phi) is 14.9. The molecular weight excluding hydrogens is 684 g/mol. The van der Waals surface area contributed by atoms with Crippen LogP contribution in [0.1, 0.15) is 33.4 Å². The van der Waals surface area contributed by atoms with Crippen LogP contribution in [0, 0.1) is 45.3 Å². The Morgan fingerprint density at radius 1 is 0.426 bits per heavy atom. The van der Waals surface area contributed by atoms with Crippen LogP contribution in [-0.4, -0.2) is 99.0 Å². The van der Waals surface area contributed by atoms with E-state index in [-0.39, 0.29) is 11.5 Å². The molecule has 12 heteroatoms. The van der Waals surface area contributed by atoms with Crippen LogP contribution in [0.5, 0.6) is 11.5 Å². The van der Waals surface area contributed by atoms with Crippen LogP contribution in [0.25, 0.3) is 22.3 Å². The van der Waals surface area contributed by atoms with Gasteiger partial charge in [0.25, 0.3) is 0 Å². The van der Waals surface area contributed by atoms with Crippen molar-refractivity contribution in [1.82, 2.24) is 9.80 Å². The van der Waals surface area contributed by atoms with Crippen molar-refractivity contribution in [3.63, 3.8) is 0 Å². The summed E-state index contributed by atoms with van der Waals surface area (Å²) < 4.78 is 23.6. The summed E-state index contributed by atoms with van der Waals surface area (Å²) in [7, 11) is 0. The van der Waals surface area contributed by atoms with E-state index < -0.39 is 0 Å². The highest BCUT2D eigenvalue weighted by Crippen LogP contribution is 2.30. The Bertz CT molecular complexity index is 1830. The van der Waals surface area contributed by atoms with E-state index in [1.807, 2.05) is 12.1 Å². The third-order valence-electron chi connectivity index (χ3n) is 8.95. The Labute approximate surface area is 315 Å². The first kappa shape index (κ1) is 39.4. The summed E-state index contributed by atoms with van der Waals surface area (Å²) in [5, 5.41) is 59.2. The van der Waals surface area contributed by atoms with Crippen molar-refractivity contribution in [1.29, 1.82) is 21.0 Å². The van der Waals surface area contributed by atoms with Gasteiger partial charge in [0.1, 0.15) is 11.5 Å². The van der Waals surface area contributed by atoms with Gasteiger partial charge < -0.3 is 29.2 Å². The SMILES string of the molecule is N#Cc1cc(C#N)cc(-c2ccc(O)c(CN3CCOCCOCCN(Cc4cc(-c5cc(C#N)cc(C#N)c5)ccc4O)CCOCCOCC3)c2)c1. The van der Waals surface area contributed by atoms with Gasteiger partial charge in [0.2, 0.25) is 0 Å². The quantitative estimate of drug-likeness (QED) is 0.262. The number of phenols is 2. The molecule has 1 heterocycles. The third kappa shape index (κ3) is 11.6. The van der Waals surface area contributed by atoms with Crippen LogP contribution in [0.15, 0.2) is 72.8 Å². The lowest BCUT2D eigenvalue weighted by molar-refractivity contribution is 0.00612. The predicted octanol–water partition coefficient (Wildman–Crippen LogP) is 5.30. The second kappa shape index (κ2) is 20.4. The molecule has 12 nitrogen and oxygen atoms in total. The molecule has 54 heavy (non-hydrogen) atoms. The molecule has 1 saturated heterocycles. The minimum atomic E-state index is 0.148. The van der Waals surface area contributed by atoms with Gasteiger partial charge in [-0.1, -0.05) is 12.1 Å². The van der Waals surface area contributed by atoms with Crippen molar-refractivity contribution in [2.24, 2.45) is 0 Å². The summed E-state index contributed by atoms with van der Waals surface area (Å²) in [4.78, 5) is 4.28. The van der Waals surface area contributed by atoms with Gasteiger partial charge >= 0.3 is 0 Å². The molecule has 0 atom stereocenters. The molecular formula is C42H42N6O6. The average molecular weight is 727 g/mol. The number of benzene rings is 4. The lowest BCUT2D eigenvalue weighted by atomic mass is 9.98. The molecule has 5 rings (SSSR count). The predicted molar refractivity (Wildman–Crippen MR) is 200 cm³/mol. The molecule has 0 saturated carbocycles. The Morgan fingerprint density at radius 3 is 1.04 bits per heavy atom. The summed E-state index contributed by atoms with van der Waals surface area (Å²) in [6, 6.07) is 29.0. The molecule has 2 N–H and O–H groups in total. The van der Waals surface area contributed by atoms with Gasteiger partial charge in [-0.05, 0) is 82.9 Å². The number of rotatable bonds is 6. The van der Waals surface area contributed by atoms with Crippen molar-refractivity contribution < 1.29 is 29.2 Å². The van der Waals surface area contributed by atoms with E-state index in [0.717, 1.165) is 22.3 Å². The molecule has 0 radical (unpaired) electrons. The highest BCUT2D eigenvalue weighted by Gasteiger charge is 2.15. The third-order valence-corrected chi connectivity index (χ3v) is 8.95. The van der Waals surface area contributed by atoms with Crippen LogP contribution in [-0.2, 0) is 32.0 Å². The summed E-state index contributed by atoms with van der Waals surface area (Å²) in [6.45, 7) is 6.58. The second-order valence-electron chi connectivity index (χ2n) is 12.7. The van der Waals surface area contributed by atoms with Crippen LogP contribution in [0.2, 0.25) is 0 Å². The normalized spacial score (nSPS) is 15.8. The average Bonchev–Trinajstić information content (AvgIpc) is 3.20. The molecule has 1 aliphatic rings. The van der Waals surface area contributed by atoms with Crippen molar-refractivity contribution >= 4 is 0 Å². The maximum atomic E-state index is 10.7. The number of hydrogen-bond donors (Lipinski definition) is 2. The molecule has 1 fully saturated rings. The minimum absolute atomic E-state index is 0.148. The van der Waals surface area contributed by atoms with Crippen molar-refractivity contribution in [2.75, 3.05) is 79.0 Å². The number of hydrogen-bond acceptors (Lipinski definition) is 12. The molecule has 276 valence electrons. The molecule has 0 aliphatic carbocycles. The fraction of sp³-hybridized carbons (Fsp3) is 0.333. The van der Waals surface area contributed by atoms with Gasteiger partial charge in [-0.25, -0.2) is 0 Å². The Hall–Kier alpha value is -5.80. The summed E-state index contributed by atoms with van der Waals surface area (Å²) >= 11 is 0. The highest BCUT2D eigenvalue weighted by atomic mass is 16.5. The smallest absolute Gasteiger partial charge is 0.120 e. The Morgan fingerprint density at radius 2 is 0.741 bits per heavy atom. The van der Waals surface area contributed by atoms with E-state index in [1.165, 1.54) is 0 Å². The van der Waals surface area contributed by atoms with E-state index in [4.69, 9.17) is 18.9 Å². The summed E-state index contributed by atoms with van der Waals surface area (Å²) in [5.74, 6) is 0.297. The van der Waals surface area contributed by atoms with Crippen molar-refractivity contribution in [2.45, 2.75) is 13.1 Å². The van der Waals surface area contributed by atoms with Gasteiger partial charge in [0.05, 0.1) is 99.4 Å². The van der Waals surface area contributed by atoms with Gasteiger partial charge in [-0.3, -0.25) is 9.80 Å². The zero-order valence-corrected chi connectivity index (χ0v) is 30.0. The molecule has 0 amide bonds. The lowest BCUT2D eigenvalue weighted by Crippen LogP contribution is -2.32.